The minimum Gasteiger partial charge on any atom is -0.295 e. The minimum absolute atomic E-state index is 0.0997. The Labute approximate surface area is 152 Å². The lowest BCUT2D eigenvalue weighted by atomic mass is 10.2. The van der Waals surface area contributed by atoms with E-state index in [-0.39, 0.29) is 17.2 Å². The molecule has 26 heavy (non-hydrogen) atoms. The topological polar surface area (TPSA) is 81.1 Å². The van der Waals surface area contributed by atoms with E-state index in [1.165, 1.54) is 31.2 Å². The molecule has 2 aromatic carbocycles. The first-order chi connectivity index (χ1) is 12.5. The van der Waals surface area contributed by atoms with E-state index in [0.717, 1.165) is 11.3 Å². The van der Waals surface area contributed by atoms with Crippen molar-refractivity contribution in [2.75, 3.05) is 6.54 Å². The molecule has 1 heterocycles. The van der Waals surface area contributed by atoms with Crippen LogP contribution in [0.25, 0.3) is 5.69 Å². The number of aromatic nitrogens is 2. The summed E-state index contributed by atoms with van der Waals surface area (Å²) in [6, 6.07) is 15.6. The maximum Gasteiger partial charge on any atom is 0.240 e. The summed E-state index contributed by atoms with van der Waals surface area (Å²) in [4.78, 5) is 11.4. The lowest BCUT2D eigenvalue weighted by Crippen LogP contribution is -2.26. The SMILES string of the molecule is CC(=O)c1ccc(S(=O)(=O)NCCc2cnn(-c3ccccc3)c2)cc1. The van der Waals surface area contributed by atoms with Crippen molar-refractivity contribution in [1.82, 2.24) is 14.5 Å². The van der Waals surface area contributed by atoms with Crippen molar-refractivity contribution in [3.63, 3.8) is 0 Å². The van der Waals surface area contributed by atoms with Crippen LogP contribution in [0.4, 0.5) is 0 Å². The number of carbonyl (C=O) groups is 1. The zero-order valence-electron chi connectivity index (χ0n) is 14.3. The molecule has 7 heteroatoms. The van der Waals surface area contributed by atoms with E-state index in [4.69, 9.17) is 0 Å². The summed E-state index contributed by atoms with van der Waals surface area (Å²) in [5, 5.41) is 4.29. The first-order valence-electron chi connectivity index (χ1n) is 8.15. The number of hydrogen-bond donors (Lipinski definition) is 1. The molecule has 0 saturated heterocycles. The Bertz CT molecular complexity index is 994. The Morgan fingerprint density at radius 2 is 1.77 bits per heavy atom. The van der Waals surface area contributed by atoms with Crippen LogP contribution in [0.5, 0.6) is 0 Å². The van der Waals surface area contributed by atoms with Crippen LogP contribution in [0.15, 0.2) is 71.9 Å². The van der Waals surface area contributed by atoms with Gasteiger partial charge < -0.3 is 0 Å². The highest BCUT2D eigenvalue weighted by Crippen LogP contribution is 2.12. The Balaban J connectivity index is 1.60. The molecule has 134 valence electrons. The quantitative estimate of drug-likeness (QED) is 0.649. The second-order valence-corrected chi connectivity index (χ2v) is 7.62. The van der Waals surface area contributed by atoms with Crippen LogP contribution in [0, 0.1) is 0 Å². The van der Waals surface area contributed by atoms with Gasteiger partial charge in [0.25, 0.3) is 0 Å². The lowest BCUT2D eigenvalue weighted by Gasteiger charge is -2.06. The molecule has 6 nitrogen and oxygen atoms in total. The van der Waals surface area contributed by atoms with Gasteiger partial charge in [-0.05, 0) is 43.2 Å². The van der Waals surface area contributed by atoms with Gasteiger partial charge in [0, 0.05) is 18.3 Å². The van der Waals surface area contributed by atoms with Crippen LogP contribution in [-0.2, 0) is 16.4 Å². The monoisotopic (exact) mass is 369 g/mol. The van der Waals surface area contributed by atoms with Gasteiger partial charge in [0.1, 0.15) is 0 Å². The van der Waals surface area contributed by atoms with E-state index in [0.29, 0.717) is 12.0 Å². The summed E-state index contributed by atoms with van der Waals surface area (Å²) in [7, 11) is -3.61. The summed E-state index contributed by atoms with van der Waals surface area (Å²) in [6.45, 7) is 1.70. The van der Waals surface area contributed by atoms with Crippen LogP contribution in [0.2, 0.25) is 0 Å². The number of sulfonamides is 1. The van der Waals surface area contributed by atoms with Crippen molar-refractivity contribution in [2.45, 2.75) is 18.2 Å². The van der Waals surface area contributed by atoms with Gasteiger partial charge in [-0.2, -0.15) is 5.10 Å². The van der Waals surface area contributed by atoms with Crippen molar-refractivity contribution in [1.29, 1.82) is 0 Å². The Hall–Kier alpha value is -2.77. The van der Waals surface area contributed by atoms with Gasteiger partial charge in [-0.1, -0.05) is 30.3 Å². The average Bonchev–Trinajstić information content (AvgIpc) is 3.11. The fourth-order valence-electron chi connectivity index (χ4n) is 2.49. The number of benzene rings is 2. The lowest BCUT2D eigenvalue weighted by molar-refractivity contribution is 0.101. The summed E-state index contributed by atoms with van der Waals surface area (Å²) < 4.78 is 29.0. The van der Waals surface area contributed by atoms with Gasteiger partial charge >= 0.3 is 0 Å². The van der Waals surface area contributed by atoms with E-state index >= 15 is 0 Å². The molecule has 0 aliphatic heterocycles. The highest BCUT2D eigenvalue weighted by Gasteiger charge is 2.14. The van der Waals surface area contributed by atoms with E-state index in [9.17, 15) is 13.2 Å². The summed E-state index contributed by atoms with van der Waals surface area (Å²) in [6.07, 6.45) is 4.13. The molecule has 0 saturated carbocycles. The smallest absolute Gasteiger partial charge is 0.240 e. The standard InChI is InChI=1S/C19H19N3O3S/c1-15(23)17-7-9-19(10-8-17)26(24,25)21-12-11-16-13-20-22(14-16)18-5-3-2-4-6-18/h2-10,13-14,21H,11-12H2,1H3. The summed E-state index contributed by atoms with van der Waals surface area (Å²) in [5.74, 6) is -0.0997. The predicted molar refractivity (Wildman–Crippen MR) is 98.9 cm³/mol. The number of carbonyl (C=O) groups excluding carboxylic acids is 1. The number of Topliss-reactive ketones (excluding diaryl/α,β-unsaturated/α-hetero) is 1. The van der Waals surface area contributed by atoms with E-state index in [1.807, 2.05) is 36.5 Å². The average molecular weight is 369 g/mol. The number of nitrogens with one attached hydrogen (secondary N) is 1. The molecule has 0 fully saturated rings. The van der Waals surface area contributed by atoms with E-state index in [1.54, 1.807) is 10.9 Å². The van der Waals surface area contributed by atoms with Crippen molar-refractivity contribution in [3.05, 3.63) is 78.1 Å². The zero-order valence-corrected chi connectivity index (χ0v) is 15.1. The van der Waals surface area contributed by atoms with Crippen LogP contribution < -0.4 is 4.72 Å². The highest BCUT2D eigenvalue weighted by molar-refractivity contribution is 7.89. The van der Waals surface area contributed by atoms with Crippen LogP contribution in [0.1, 0.15) is 22.8 Å². The van der Waals surface area contributed by atoms with Gasteiger partial charge in [-0.15, -0.1) is 0 Å². The molecule has 0 aliphatic carbocycles. The molecule has 1 aromatic heterocycles. The third-order valence-corrected chi connectivity index (χ3v) is 5.41. The van der Waals surface area contributed by atoms with E-state index in [2.05, 4.69) is 9.82 Å². The molecule has 0 bridgehead atoms. The molecule has 0 spiro atoms. The summed E-state index contributed by atoms with van der Waals surface area (Å²) in [5.41, 5.74) is 2.37. The number of ketones is 1. The Morgan fingerprint density at radius 3 is 2.42 bits per heavy atom. The number of rotatable bonds is 7. The van der Waals surface area contributed by atoms with Gasteiger partial charge in [0.2, 0.25) is 10.0 Å². The number of nitrogens with zero attached hydrogens (tertiary/aromatic N) is 2. The minimum atomic E-state index is -3.61. The third kappa shape index (κ3) is 4.25. The first kappa shape index (κ1) is 18.0. The molecule has 0 aliphatic rings. The van der Waals surface area contributed by atoms with Gasteiger partial charge in [-0.3, -0.25) is 4.79 Å². The maximum atomic E-state index is 12.3. The Morgan fingerprint density at radius 1 is 1.08 bits per heavy atom. The number of hydrogen-bond acceptors (Lipinski definition) is 4. The second kappa shape index (κ2) is 7.63. The molecular weight excluding hydrogens is 350 g/mol. The molecular formula is C19H19N3O3S. The fourth-order valence-corrected chi connectivity index (χ4v) is 3.52. The molecule has 0 amide bonds. The van der Waals surface area contributed by atoms with Gasteiger partial charge in [-0.25, -0.2) is 17.8 Å². The highest BCUT2D eigenvalue weighted by atomic mass is 32.2. The van der Waals surface area contributed by atoms with Crippen LogP contribution in [-0.4, -0.2) is 30.5 Å². The predicted octanol–water partition coefficient (Wildman–Crippen LogP) is 2.60. The van der Waals surface area contributed by atoms with Gasteiger partial charge in [0.15, 0.2) is 5.78 Å². The maximum absolute atomic E-state index is 12.3. The number of para-hydroxylation sites is 1. The largest absolute Gasteiger partial charge is 0.295 e. The van der Waals surface area contributed by atoms with Crippen molar-refractivity contribution >= 4 is 15.8 Å². The second-order valence-electron chi connectivity index (χ2n) is 5.86. The van der Waals surface area contributed by atoms with Crippen molar-refractivity contribution in [2.24, 2.45) is 0 Å². The van der Waals surface area contributed by atoms with Crippen molar-refractivity contribution < 1.29 is 13.2 Å². The first-order valence-corrected chi connectivity index (χ1v) is 9.64. The normalized spacial score (nSPS) is 11.4. The Kier molecular flexibility index (Phi) is 5.29. The summed E-state index contributed by atoms with van der Waals surface area (Å²) >= 11 is 0. The third-order valence-electron chi connectivity index (χ3n) is 3.93. The zero-order chi connectivity index (χ0) is 18.6. The molecule has 1 N–H and O–H groups in total. The molecule has 3 aromatic rings. The van der Waals surface area contributed by atoms with Crippen molar-refractivity contribution in [3.8, 4) is 5.69 Å². The molecule has 3 rings (SSSR count). The molecule has 0 atom stereocenters. The molecule has 0 radical (unpaired) electrons. The fraction of sp³-hybridized carbons (Fsp3) is 0.158. The van der Waals surface area contributed by atoms with Crippen LogP contribution >= 0.6 is 0 Å². The van der Waals surface area contributed by atoms with Gasteiger partial charge in [0.05, 0.1) is 16.8 Å². The van der Waals surface area contributed by atoms with Crippen LogP contribution in [0.3, 0.4) is 0 Å². The molecule has 0 unspecified atom stereocenters. The van der Waals surface area contributed by atoms with E-state index < -0.39 is 10.0 Å².